The Morgan fingerprint density at radius 1 is 1.17 bits per heavy atom. The molecule has 0 saturated heterocycles. The summed E-state index contributed by atoms with van der Waals surface area (Å²) in [6, 6.07) is 7.69. The van der Waals surface area contributed by atoms with E-state index in [4.69, 9.17) is 4.74 Å². The number of pyridine rings is 2. The van der Waals surface area contributed by atoms with Gasteiger partial charge in [-0.3, -0.25) is 9.78 Å². The van der Waals surface area contributed by atoms with Crippen molar-refractivity contribution in [1.82, 2.24) is 15.3 Å². The van der Waals surface area contributed by atoms with Gasteiger partial charge in [0, 0.05) is 6.20 Å². The van der Waals surface area contributed by atoms with E-state index in [0.717, 1.165) is 6.07 Å². The lowest BCUT2D eigenvalue weighted by molar-refractivity contribution is 0.0489. The van der Waals surface area contributed by atoms with E-state index in [1.165, 1.54) is 18.3 Å². The molecule has 0 aliphatic rings. The van der Waals surface area contributed by atoms with Crippen molar-refractivity contribution in [2.45, 2.75) is 32.4 Å². The topological polar surface area (TPSA) is 81.2 Å². The number of carbonyl (C=O) groups excluding carboxylic acids is 2. The molecule has 6 nitrogen and oxygen atoms in total. The molecule has 2 aromatic rings. The Balaban J connectivity index is 2.30. The van der Waals surface area contributed by atoms with Crippen molar-refractivity contribution in [3.8, 4) is 0 Å². The van der Waals surface area contributed by atoms with Crippen molar-refractivity contribution < 1.29 is 18.7 Å². The molecule has 0 aromatic carbocycles. The maximum absolute atomic E-state index is 13.3. The summed E-state index contributed by atoms with van der Waals surface area (Å²) < 4.78 is 18.5. The Morgan fingerprint density at radius 3 is 2.50 bits per heavy atom. The molecule has 126 valence electrons. The van der Waals surface area contributed by atoms with Crippen molar-refractivity contribution in [3.05, 3.63) is 59.9 Å². The fourth-order valence-electron chi connectivity index (χ4n) is 1.94. The first-order chi connectivity index (χ1) is 11.3. The standard InChI is InChI=1S/C17H18FN3O3/c1-17(2,3)24-16(23)21-14(11-7-4-5-10-19-11)15(22)12-8-6-9-13(18)20-12/h4-10,14H,1-3H3,(H,21,23). The number of ether oxygens (including phenoxy) is 1. The van der Waals surface area contributed by atoms with Crippen LogP contribution in [-0.2, 0) is 4.74 Å². The normalized spacial score (nSPS) is 12.3. The highest BCUT2D eigenvalue weighted by molar-refractivity contribution is 6.00. The average molecular weight is 331 g/mol. The van der Waals surface area contributed by atoms with Gasteiger partial charge >= 0.3 is 6.09 Å². The van der Waals surface area contributed by atoms with E-state index in [1.54, 1.807) is 39.0 Å². The molecule has 24 heavy (non-hydrogen) atoms. The molecule has 7 heteroatoms. The number of Topliss-reactive ketones (excluding diaryl/α,β-unsaturated/α-hetero) is 1. The second-order valence-corrected chi connectivity index (χ2v) is 6.04. The number of carbonyl (C=O) groups is 2. The minimum atomic E-state index is -1.13. The zero-order chi connectivity index (χ0) is 17.7. The van der Waals surface area contributed by atoms with Crippen molar-refractivity contribution in [2.75, 3.05) is 0 Å². The summed E-state index contributed by atoms with van der Waals surface area (Å²) in [7, 11) is 0. The summed E-state index contributed by atoms with van der Waals surface area (Å²) in [5, 5.41) is 2.47. The predicted molar refractivity (Wildman–Crippen MR) is 84.9 cm³/mol. The Bertz CT molecular complexity index is 729. The molecule has 1 unspecified atom stereocenters. The number of nitrogens with zero attached hydrogens (tertiary/aromatic N) is 2. The van der Waals surface area contributed by atoms with Crippen molar-refractivity contribution in [1.29, 1.82) is 0 Å². The fourth-order valence-corrected chi connectivity index (χ4v) is 1.94. The van der Waals surface area contributed by atoms with E-state index in [9.17, 15) is 14.0 Å². The molecule has 0 fully saturated rings. The summed E-state index contributed by atoms with van der Waals surface area (Å²) >= 11 is 0. The molecule has 0 saturated carbocycles. The number of alkyl carbamates (subject to hydrolysis) is 1. The first-order valence-electron chi connectivity index (χ1n) is 7.33. The van der Waals surface area contributed by atoms with Gasteiger partial charge in [-0.15, -0.1) is 0 Å². The van der Waals surface area contributed by atoms with Crippen LogP contribution in [0.2, 0.25) is 0 Å². The third-order valence-electron chi connectivity index (χ3n) is 2.87. The van der Waals surface area contributed by atoms with Crippen molar-refractivity contribution in [3.63, 3.8) is 0 Å². The summed E-state index contributed by atoms with van der Waals surface area (Å²) in [5.74, 6) is -1.36. The van der Waals surface area contributed by atoms with Crippen LogP contribution >= 0.6 is 0 Å². The van der Waals surface area contributed by atoms with E-state index >= 15 is 0 Å². The van der Waals surface area contributed by atoms with E-state index in [1.807, 2.05) is 0 Å². The number of amides is 1. The van der Waals surface area contributed by atoms with Crippen LogP contribution in [0, 0.1) is 5.95 Å². The highest BCUT2D eigenvalue weighted by atomic mass is 19.1. The van der Waals surface area contributed by atoms with Gasteiger partial charge in [-0.05, 0) is 45.0 Å². The van der Waals surface area contributed by atoms with Gasteiger partial charge < -0.3 is 10.1 Å². The quantitative estimate of drug-likeness (QED) is 0.688. The fraction of sp³-hybridized carbons (Fsp3) is 0.294. The number of hydrogen-bond donors (Lipinski definition) is 1. The highest BCUT2D eigenvalue weighted by Crippen LogP contribution is 2.17. The maximum atomic E-state index is 13.3. The molecule has 0 aliphatic carbocycles. The summed E-state index contributed by atoms with van der Waals surface area (Å²) in [4.78, 5) is 32.3. The smallest absolute Gasteiger partial charge is 0.408 e. The minimum absolute atomic E-state index is 0.110. The minimum Gasteiger partial charge on any atom is -0.444 e. The number of nitrogens with one attached hydrogen (secondary N) is 1. The zero-order valence-corrected chi connectivity index (χ0v) is 13.6. The molecule has 2 aromatic heterocycles. The van der Waals surface area contributed by atoms with Crippen LogP contribution < -0.4 is 5.32 Å². The van der Waals surface area contributed by atoms with Crippen LogP contribution in [0.1, 0.15) is 43.0 Å². The lowest BCUT2D eigenvalue weighted by Gasteiger charge is -2.22. The van der Waals surface area contributed by atoms with Crippen LogP contribution in [0.3, 0.4) is 0 Å². The van der Waals surface area contributed by atoms with Gasteiger partial charge in [0.2, 0.25) is 11.7 Å². The first kappa shape index (κ1) is 17.5. The van der Waals surface area contributed by atoms with E-state index in [-0.39, 0.29) is 5.69 Å². The molecular formula is C17H18FN3O3. The molecule has 2 heterocycles. The largest absolute Gasteiger partial charge is 0.444 e. The van der Waals surface area contributed by atoms with Crippen LogP contribution in [0.4, 0.5) is 9.18 Å². The third kappa shape index (κ3) is 4.84. The molecule has 0 radical (unpaired) electrons. The molecule has 1 amide bonds. The van der Waals surface area contributed by atoms with Crippen LogP contribution in [-0.4, -0.2) is 27.4 Å². The summed E-state index contributed by atoms with van der Waals surface area (Å²) in [6.45, 7) is 5.12. The number of rotatable bonds is 4. The van der Waals surface area contributed by atoms with Gasteiger partial charge in [0.15, 0.2) is 0 Å². The number of halogens is 1. The first-order valence-corrected chi connectivity index (χ1v) is 7.33. The van der Waals surface area contributed by atoms with Gasteiger partial charge in [0.1, 0.15) is 17.3 Å². The van der Waals surface area contributed by atoms with Gasteiger partial charge in [0.05, 0.1) is 5.69 Å². The van der Waals surface area contributed by atoms with Gasteiger partial charge in [-0.2, -0.15) is 4.39 Å². The van der Waals surface area contributed by atoms with E-state index in [0.29, 0.717) is 5.69 Å². The summed E-state index contributed by atoms with van der Waals surface area (Å²) in [6.07, 6.45) is 0.716. The second-order valence-electron chi connectivity index (χ2n) is 6.04. The zero-order valence-electron chi connectivity index (χ0n) is 13.6. The predicted octanol–water partition coefficient (Wildman–Crippen LogP) is 3.06. The molecule has 1 atom stereocenters. The SMILES string of the molecule is CC(C)(C)OC(=O)NC(C(=O)c1cccc(F)n1)c1ccccn1. The van der Waals surface area contributed by atoms with Crippen molar-refractivity contribution in [2.24, 2.45) is 0 Å². The number of aromatic nitrogens is 2. The molecule has 2 rings (SSSR count). The Morgan fingerprint density at radius 2 is 1.92 bits per heavy atom. The van der Waals surface area contributed by atoms with Gasteiger partial charge in [-0.25, -0.2) is 9.78 Å². The second kappa shape index (κ2) is 7.16. The molecule has 0 bridgehead atoms. The Labute approximate surface area is 139 Å². The molecular weight excluding hydrogens is 313 g/mol. The van der Waals surface area contributed by atoms with Gasteiger partial charge in [0.25, 0.3) is 0 Å². The van der Waals surface area contributed by atoms with E-state index < -0.39 is 29.5 Å². The van der Waals surface area contributed by atoms with Crippen LogP contribution in [0.5, 0.6) is 0 Å². The van der Waals surface area contributed by atoms with Gasteiger partial charge in [-0.1, -0.05) is 12.1 Å². The number of ketones is 1. The molecule has 0 spiro atoms. The summed E-state index contributed by atoms with van der Waals surface area (Å²) in [5.41, 5.74) is -0.528. The highest BCUT2D eigenvalue weighted by Gasteiger charge is 2.28. The molecule has 1 N–H and O–H groups in total. The molecule has 0 aliphatic heterocycles. The van der Waals surface area contributed by atoms with Crippen LogP contribution in [0.15, 0.2) is 42.6 Å². The Kier molecular flexibility index (Phi) is 5.23. The third-order valence-corrected chi connectivity index (χ3v) is 2.87. The average Bonchev–Trinajstić information content (AvgIpc) is 2.51. The van der Waals surface area contributed by atoms with Crippen molar-refractivity contribution >= 4 is 11.9 Å². The maximum Gasteiger partial charge on any atom is 0.408 e. The lowest BCUT2D eigenvalue weighted by Crippen LogP contribution is -2.38. The number of hydrogen-bond acceptors (Lipinski definition) is 5. The van der Waals surface area contributed by atoms with Crippen LogP contribution in [0.25, 0.3) is 0 Å². The Hall–Kier alpha value is -2.83. The lowest BCUT2D eigenvalue weighted by atomic mass is 10.1. The monoisotopic (exact) mass is 331 g/mol. The van der Waals surface area contributed by atoms with E-state index in [2.05, 4.69) is 15.3 Å².